The Morgan fingerprint density at radius 2 is 1.93 bits per heavy atom. The van der Waals surface area contributed by atoms with Crippen molar-refractivity contribution in [2.24, 2.45) is 0 Å². The molecule has 3 heteroatoms. The smallest absolute Gasteiger partial charge is 0.159 e. The molecule has 0 aliphatic heterocycles. The van der Waals surface area contributed by atoms with E-state index in [0.29, 0.717) is 0 Å². The highest BCUT2D eigenvalue weighted by molar-refractivity contribution is 5.54. The SMILES string of the molecule is CCCCN(C)c1ccc(O)c(O)c1. The lowest BCUT2D eigenvalue weighted by molar-refractivity contribution is 0.404. The molecule has 0 atom stereocenters. The molecule has 0 spiro atoms. The Morgan fingerprint density at radius 3 is 2.50 bits per heavy atom. The van der Waals surface area contributed by atoms with E-state index < -0.39 is 0 Å². The molecule has 0 saturated carbocycles. The summed E-state index contributed by atoms with van der Waals surface area (Å²) < 4.78 is 0. The van der Waals surface area contributed by atoms with Gasteiger partial charge >= 0.3 is 0 Å². The van der Waals surface area contributed by atoms with Crippen molar-refractivity contribution in [2.45, 2.75) is 19.8 Å². The molecule has 0 saturated heterocycles. The van der Waals surface area contributed by atoms with Crippen molar-refractivity contribution >= 4 is 5.69 Å². The van der Waals surface area contributed by atoms with E-state index in [4.69, 9.17) is 5.11 Å². The fraction of sp³-hybridized carbons (Fsp3) is 0.455. The molecule has 1 rings (SSSR count). The predicted molar refractivity (Wildman–Crippen MR) is 57.9 cm³/mol. The van der Waals surface area contributed by atoms with Crippen LogP contribution in [0.2, 0.25) is 0 Å². The van der Waals surface area contributed by atoms with Gasteiger partial charge in [-0.05, 0) is 18.6 Å². The van der Waals surface area contributed by atoms with Crippen LogP contribution in [0.15, 0.2) is 18.2 Å². The van der Waals surface area contributed by atoms with E-state index in [1.807, 2.05) is 7.05 Å². The van der Waals surface area contributed by atoms with E-state index in [9.17, 15) is 5.11 Å². The average molecular weight is 195 g/mol. The molecule has 0 aromatic heterocycles. The third-order valence-electron chi connectivity index (χ3n) is 2.25. The molecule has 78 valence electrons. The summed E-state index contributed by atoms with van der Waals surface area (Å²) in [6.07, 6.45) is 2.27. The lowest BCUT2D eigenvalue weighted by Gasteiger charge is -2.19. The Hall–Kier alpha value is -1.38. The molecule has 0 heterocycles. The van der Waals surface area contributed by atoms with Gasteiger partial charge in [-0.1, -0.05) is 13.3 Å². The molecule has 0 fully saturated rings. The molecule has 0 aliphatic carbocycles. The Morgan fingerprint density at radius 1 is 1.21 bits per heavy atom. The maximum atomic E-state index is 9.30. The van der Waals surface area contributed by atoms with Gasteiger partial charge in [0.1, 0.15) is 0 Å². The topological polar surface area (TPSA) is 43.7 Å². The molecule has 3 nitrogen and oxygen atoms in total. The number of rotatable bonds is 4. The van der Waals surface area contributed by atoms with Gasteiger partial charge in [0, 0.05) is 25.3 Å². The first kappa shape index (κ1) is 10.7. The van der Waals surface area contributed by atoms with Crippen molar-refractivity contribution in [3.05, 3.63) is 18.2 Å². The van der Waals surface area contributed by atoms with Gasteiger partial charge in [0.05, 0.1) is 0 Å². The average Bonchev–Trinajstić information content (AvgIpc) is 2.18. The molecule has 0 amide bonds. The number of aromatic hydroxyl groups is 2. The van der Waals surface area contributed by atoms with Crippen molar-refractivity contribution in [2.75, 3.05) is 18.5 Å². The van der Waals surface area contributed by atoms with Crippen LogP contribution in [0.3, 0.4) is 0 Å². The van der Waals surface area contributed by atoms with Gasteiger partial charge < -0.3 is 15.1 Å². The first-order chi connectivity index (χ1) is 6.65. The summed E-state index contributed by atoms with van der Waals surface area (Å²) in [5.41, 5.74) is 0.925. The lowest BCUT2D eigenvalue weighted by Crippen LogP contribution is -2.17. The highest BCUT2D eigenvalue weighted by Gasteiger charge is 2.03. The molecular formula is C11H17NO2. The second kappa shape index (κ2) is 4.74. The number of phenolic OH excluding ortho intramolecular Hbond substituents is 2. The van der Waals surface area contributed by atoms with E-state index in [1.54, 1.807) is 12.1 Å². The van der Waals surface area contributed by atoms with E-state index in [-0.39, 0.29) is 11.5 Å². The quantitative estimate of drug-likeness (QED) is 0.725. The van der Waals surface area contributed by atoms with Crippen LogP contribution in [0.5, 0.6) is 11.5 Å². The van der Waals surface area contributed by atoms with Crippen molar-refractivity contribution in [3.63, 3.8) is 0 Å². The van der Waals surface area contributed by atoms with E-state index in [2.05, 4.69) is 11.8 Å². The van der Waals surface area contributed by atoms with Gasteiger partial charge in [0.2, 0.25) is 0 Å². The van der Waals surface area contributed by atoms with E-state index >= 15 is 0 Å². The fourth-order valence-electron chi connectivity index (χ4n) is 1.27. The third kappa shape index (κ3) is 2.55. The van der Waals surface area contributed by atoms with E-state index in [0.717, 1.165) is 25.1 Å². The minimum absolute atomic E-state index is 0.0640. The minimum atomic E-state index is -0.0716. The standard InChI is InChI=1S/C11H17NO2/c1-3-4-7-12(2)9-5-6-10(13)11(14)8-9/h5-6,8,13-14H,3-4,7H2,1-2H3. The molecule has 1 aromatic rings. The normalized spacial score (nSPS) is 10.1. The summed E-state index contributed by atoms with van der Waals surface area (Å²) in [7, 11) is 1.97. The van der Waals surface area contributed by atoms with Gasteiger partial charge in [-0.2, -0.15) is 0 Å². The second-order valence-corrected chi connectivity index (χ2v) is 3.45. The molecule has 14 heavy (non-hydrogen) atoms. The number of phenols is 2. The molecule has 0 aliphatic rings. The first-order valence-electron chi connectivity index (χ1n) is 4.88. The van der Waals surface area contributed by atoms with Gasteiger partial charge in [0.25, 0.3) is 0 Å². The Labute approximate surface area is 84.6 Å². The van der Waals surface area contributed by atoms with Crippen LogP contribution in [0, 0.1) is 0 Å². The molecule has 0 radical (unpaired) electrons. The number of nitrogens with zero attached hydrogens (tertiary/aromatic N) is 1. The van der Waals surface area contributed by atoms with Gasteiger partial charge in [-0.15, -0.1) is 0 Å². The Kier molecular flexibility index (Phi) is 3.63. The monoisotopic (exact) mass is 195 g/mol. The number of benzene rings is 1. The number of hydrogen-bond acceptors (Lipinski definition) is 3. The zero-order chi connectivity index (χ0) is 10.6. The van der Waals surface area contributed by atoms with Crippen LogP contribution in [0.4, 0.5) is 5.69 Å². The van der Waals surface area contributed by atoms with Gasteiger partial charge in [-0.25, -0.2) is 0 Å². The van der Waals surface area contributed by atoms with Crippen LogP contribution < -0.4 is 4.90 Å². The van der Waals surface area contributed by atoms with Gasteiger partial charge in [0.15, 0.2) is 11.5 Å². The molecule has 0 unspecified atom stereocenters. The maximum Gasteiger partial charge on any atom is 0.159 e. The predicted octanol–water partition coefficient (Wildman–Crippen LogP) is 2.33. The highest BCUT2D eigenvalue weighted by atomic mass is 16.3. The molecule has 0 bridgehead atoms. The van der Waals surface area contributed by atoms with Crippen molar-refractivity contribution in [3.8, 4) is 11.5 Å². The lowest BCUT2D eigenvalue weighted by atomic mass is 10.2. The van der Waals surface area contributed by atoms with Crippen molar-refractivity contribution in [1.82, 2.24) is 0 Å². The zero-order valence-electron chi connectivity index (χ0n) is 8.70. The zero-order valence-corrected chi connectivity index (χ0v) is 8.70. The number of unbranched alkanes of at least 4 members (excludes halogenated alkanes) is 1. The van der Waals surface area contributed by atoms with Gasteiger partial charge in [-0.3, -0.25) is 0 Å². The van der Waals surface area contributed by atoms with Crippen LogP contribution in [-0.4, -0.2) is 23.8 Å². The summed E-state index contributed by atoms with van der Waals surface area (Å²) in [6, 6.07) is 4.88. The number of anilines is 1. The Bertz CT molecular complexity index is 299. The number of hydrogen-bond donors (Lipinski definition) is 2. The Balaban J connectivity index is 2.70. The summed E-state index contributed by atoms with van der Waals surface area (Å²) in [6.45, 7) is 3.10. The maximum absolute atomic E-state index is 9.30. The summed E-state index contributed by atoms with van der Waals surface area (Å²) in [5, 5.41) is 18.4. The van der Waals surface area contributed by atoms with Crippen LogP contribution >= 0.6 is 0 Å². The minimum Gasteiger partial charge on any atom is -0.504 e. The fourth-order valence-corrected chi connectivity index (χ4v) is 1.27. The van der Waals surface area contributed by atoms with Crippen LogP contribution in [-0.2, 0) is 0 Å². The van der Waals surface area contributed by atoms with Crippen molar-refractivity contribution in [1.29, 1.82) is 0 Å². The summed E-state index contributed by atoms with van der Waals surface area (Å²) in [4.78, 5) is 2.06. The van der Waals surface area contributed by atoms with Crippen LogP contribution in [0.25, 0.3) is 0 Å². The third-order valence-corrected chi connectivity index (χ3v) is 2.25. The van der Waals surface area contributed by atoms with Crippen molar-refractivity contribution < 1.29 is 10.2 Å². The highest BCUT2D eigenvalue weighted by Crippen LogP contribution is 2.28. The van der Waals surface area contributed by atoms with E-state index in [1.165, 1.54) is 6.07 Å². The molecular weight excluding hydrogens is 178 g/mol. The molecule has 1 aromatic carbocycles. The van der Waals surface area contributed by atoms with Crippen LogP contribution in [0.1, 0.15) is 19.8 Å². The summed E-state index contributed by atoms with van der Waals surface area (Å²) in [5.74, 6) is -0.136. The summed E-state index contributed by atoms with van der Waals surface area (Å²) >= 11 is 0. The largest absolute Gasteiger partial charge is 0.504 e. The second-order valence-electron chi connectivity index (χ2n) is 3.45. The first-order valence-corrected chi connectivity index (χ1v) is 4.88. The molecule has 2 N–H and O–H groups in total.